The molecule has 1 atom stereocenters. The van der Waals surface area contributed by atoms with Gasteiger partial charge in [0, 0.05) is 12.7 Å². The van der Waals surface area contributed by atoms with Crippen molar-refractivity contribution < 1.29 is 66.0 Å². The third kappa shape index (κ3) is 7.20. The normalized spacial score (nSPS) is 13.1. The van der Waals surface area contributed by atoms with E-state index in [1.807, 2.05) is 18.2 Å². The Balaban J connectivity index is 0.00000324. The fourth-order valence-corrected chi connectivity index (χ4v) is 1.38. The Morgan fingerprint density at radius 3 is 2.53 bits per heavy atom. The number of rotatable bonds is 6. The molecule has 1 rings (SSSR count). The second-order valence-electron chi connectivity index (χ2n) is 3.78. The predicted molar refractivity (Wildman–Crippen MR) is 69.1 cm³/mol. The van der Waals surface area contributed by atoms with Crippen molar-refractivity contribution in [2.24, 2.45) is 0 Å². The summed E-state index contributed by atoms with van der Waals surface area (Å²) in [5.74, 6) is -0.103. The van der Waals surface area contributed by atoms with Crippen molar-refractivity contribution in [2.45, 2.75) is 19.4 Å². The molecule has 0 spiro atoms. The van der Waals surface area contributed by atoms with E-state index in [1.54, 1.807) is 25.1 Å². The van der Waals surface area contributed by atoms with Crippen molar-refractivity contribution in [1.29, 1.82) is 0 Å². The van der Waals surface area contributed by atoms with Gasteiger partial charge in [0.25, 0.3) is 0 Å². The van der Waals surface area contributed by atoms with Gasteiger partial charge in [-0.3, -0.25) is 4.79 Å². The second kappa shape index (κ2) is 10.5. The summed E-state index contributed by atoms with van der Waals surface area (Å²) in [7, 11) is 1.50. The van der Waals surface area contributed by atoms with Gasteiger partial charge in [0.2, 0.25) is 0 Å². The SMILES string of the molecule is CCC([O-])=CC(/C=C/C(=O)c1ccccc1)OC.[K+]. The summed E-state index contributed by atoms with van der Waals surface area (Å²) in [6.07, 6.45) is 4.46. The minimum atomic E-state index is -0.454. The Bertz CT molecular complexity index is 438. The van der Waals surface area contributed by atoms with Crippen LogP contribution >= 0.6 is 0 Å². The molecule has 4 heteroatoms. The summed E-state index contributed by atoms with van der Waals surface area (Å²) in [4.78, 5) is 11.8. The Morgan fingerprint density at radius 2 is 2.00 bits per heavy atom. The van der Waals surface area contributed by atoms with Crippen LogP contribution in [0.25, 0.3) is 0 Å². The first-order chi connectivity index (χ1) is 8.67. The first kappa shape index (κ1) is 18.8. The topological polar surface area (TPSA) is 49.4 Å². The average molecular weight is 284 g/mol. The number of allylic oxidation sites excluding steroid dienone is 2. The number of carbonyl (C=O) groups is 1. The van der Waals surface area contributed by atoms with Crippen molar-refractivity contribution in [3.8, 4) is 0 Å². The monoisotopic (exact) mass is 284 g/mol. The van der Waals surface area contributed by atoms with Crippen LogP contribution in [0.1, 0.15) is 23.7 Å². The number of hydrogen-bond acceptors (Lipinski definition) is 3. The van der Waals surface area contributed by atoms with Crippen LogP contribution in [0, 0.1) is 0 Å². The Kier molecular flexibility index (Phi) is 10.4. The van der Waals surface area contributed by atoms with E-state index >= 15 is 0 Å². The van der Waals surface area contributed by atoms with Crippen LogP contribution in [0.15, 0.2) is 54.3 Å². The maximum atomic E-state index is 11.8. The van der Waals surface area contributed by atoms with E-state index in [0.717, 1.165) is 0 Å². The molecule has 0 saturated heterocycles. The molecule has 0 amide bonds. The molecule has 0 fully saturated rings. The fourth-order valence-electron chi connectivity index (χ4n) is 1.38. The molecule has 0 bridgehead atoms. The fraction of sp³-hybridized carbons (Fsp3) is 0.267. The molecule has 1 unspecified atom stereocenters. The van der Waals surface area contributed by atoms with Crippen LogP contribution in [0.2, 0.25) is 0 Å². The Morgan fingerprint density at radius 1 is 1.37 bits per heavy atom. The van der Waals surface area contributed by atoms with Crippen LogP contribution in [0.5, 0.6) is 0 Å². The van der Waals surface area contributed by atoms with Crippen molar-refractivity contribution in [3.05, 3.63) is 59.9 Å². The summed E-state index contributed by atoms with van der Waals surface area (Å²) in [6, 6.07) is 8.96. The quantitative estimate of drug-likeness (QED) is 0.294. The van der Waals surface area contributed by atoms with E-state index in [-0.39, 0.29) is 62.9 Å². The van der Waals surface area contributed by atoms with E-state index in [1.165, 1.54) is 19.3 Å². The van der Waals surface area contributed by atoms with Gasteiger partial charge in [-0.1, -0.05) is 43.3 Å². The van der Waals surface area contributed by atoms with Gasteiger partial charge in [-0.25, -0.2) is 0 Å². The number of ether oxygens (including phenoxy) is 1. The molecule has 0 aliphatic heterocycles. The molecular weight excluding hydrogens is 267 g/mol. The van der Waals surface area contributed by atoms with Crippen LogP contribution in [-0.2, 0) is 4.74 Å². The molecule has 0 aliphatic rings. The molecule has 0 heterocycles. The van der Waals surface area contributed by atoms with Crippen LogP contribution in [0.3, 0.4) is 0 Å². The van der Waals surface area contributed by atoms with Gasteiger partial charge in [-0.2, -0.15) is 0 Å². The Labute approximate surface area is 156 Å². The van der Waals surface area contributed by atoms with Gasteiger partial charge in [-0.15, -0.1) is 5.76 Å². The minimum absolute atomic E-state index is 0. The zero-order valence-corrected chi connectivity index (χ0v) is 14.8. The summed E-state index contributed by atoms with van der Waals surface area (Å²) in [6.45, 7) is 1.78. The molecule has 0 N–H and O–H groups in total. The smallest absolute Gasteiger partial charge is 0.876 e. The van der Waals surface area contributed by atoms with E-state index in [2.05, 4.69) is 0 Å². The second-order valence-corrected chi connectivity index (χ2v) is 3.78. The summed E-state index contributed by atoms with van der Waals surface area (Å²) < 4.78 is 5.09. The molecule has 0 aromatic heterocycles. The zero-order valence-electron chi connectivity index (χ0n) is 11.6. The maximum absolute atomic E-state index is 11.8. The molecular formula is C15H17KO3. The van der Waals surface area contributed by atoms with Crippen molar-refractivity contribution in [3.63, 3.8) is 0 Å². The van der Waals surface area contributed by atoms with Crippen LogP contribution in [0.4, 0.5) is 0 Å². The van der Waals surface area contributed by atoms with Gasteiger partial charge in [0.1, 0.15) is 0 Å². The van der Waals surface area contributed by atoms with Crippen LogP contribution in [-0.4, -0.2) is 19.0 Å². The molecule has 0 radical (unpaired) electrons. The van der Waals surface area contributed by atoms with Gasteiger partial charge in [0.15, 0.2) is 5.78 Å². The first-order valence-corrected chi connectivity index (χ1v) is 5.85. The number of benzene rings is 1. The predicted octanol–water partition coefficient (Wildman–Crippen LogP) is -0.901. The van der Waals surface area contributed by atoms with Crippen molar-refractivity contribution in [1.82, 2.24) is 0 Å². The molecule has 19 heavy (non-hydrogen) atoms. The summed E-state index contributed by atoms with van der Waals surface area (Å²) in [5, 5.41) is 11.2. The molecule has 0 aliphatic carbocycles. The van der Waals surface area contributed by atoms with Crippen LogP contribution < -0.4 is 56.5 Å². The molecule has 0 saturated carbocycles. The standard InChI is InChI=1S/C15H18O3.K/c1-3-13(16)11-14(18-2)9-10-15(17)12-7-5-4-6-8-12;/h4-11,14,16H,3H2,1-2H3;/q;+1/p-1/b10-9+,13-11?;. The summed E-state index contributed by atoms with van der Waals surface area (Å²) in [5.41, 5.74) is 0.616. The van der Waals surface area contributed by atoms with E-state index < -0.39 is 6.10 Å². The third-order valence-electron chi connectivity index (χ3n) is 2.47. The molecule has 96 valence electrons. The first-order valence-electron chi connectivity index (χ1n) is 5.85. The average Bonchev–Trinajstić information content (AvgIpc) is 2.43. The maximum Gasteiger partial charge on any atom is 1.00 e. The zero-order chi connectivity index (χ0) is 13.4. The molecule has 3 nitrogen and oxygen atoms in total. The third-order valence-corrected chi connectivity index (χ3v) is 2.47. The Hall–Kier alpha value is -0.234. The number of ketones is 1. The summed E-state index contributed by atoms with van der Waals surface area (Å²) >= 11 is 0. The molecule has 1 aromatic carbocycles. The van der Waals surface area contributed by atoms with E-state index in [9.17, 15) is 9.90 Å². The van der Waals surface area contributed by atoms with Crippen molar-refractivity contribution >= 4 is 5.78 Å². The number of methoxy groups -OCH3 is 1. The van der Waals surface area contributed by atoms with Gasteiger partial charge >= 0.3 is 51.4 Å². The number of carbonyl (C=O) groups excluding carboxylic acids is 1. The van der Waals surface area contributed by atoms with Gasteiger partial charge in [-0.05, 0) is 18.6 Å². The number of hydrogen-bond donors (Lipinski definition) is 0. The largest absolute Gasteiger partial charge is 1.00 e. The van der Waals surface area contributed by atoms with E-state index in [4.69, 9.17) is 4.74 Å². The van der Waals surface area contributed by atoms with Gasteiger partial charge in [0.05, 0.1) is 6.10 Å². The van der Waals surface area contributed by atoms with Crippen molar-refractivity contribution in [2.75, 3.05) is 7.11 Å². The van der Waals surface area contributed by atoms with E-state index in [0.29, 0.717) is 12.0 Å². The minimum Gasteiger partial charge on any atom is -0.876 e. The molecule has 1 aromatic rings. The van der Waals surface area contributed by atoms with Gasteiger partial charge < -0.3 is 9.84 Å².